The summed E-state index contributed by atoms with van der Waals surface area (Å²) in [7, 11) is 4.66. The van der Waals surface area contributed by atoms with E-state index in [2.05, 4.69) is 34.9 Å². The van der Waals surface area contributed by atoms with Crippen LogP contribution in [0.4, 0.5) is 0 Å². The lowest BCUT2D eigenvalue weighted by Gasteiger charge is -2.42. The van der Waals surface area contributed by atoms with Crippen LogP contribution in [0.15, 0.2) is 0 Å². The van der Waals surface area contributed by atoms with E-state index < -0.39 is 0 Å². The van der Waals surface area contributed by atoms with E-state index in [1.807, 2.05) is 0 Å². The molecule has 1 rings (SSSR count). The number of quaternary nitrogens is 1. The van der Waals surface area contributed by atoms with Gasteiger partial charge in [0.15, 0.2) is 0 Å². The highest BCUT2D eigenvalue weighted by Crippen LogP contribution is 2.23. The van der Waals surface area contributed by atoms with Crippen LogP contribution < -0.4 is 0 Å². The fourth-order valence-corrected chi connectivity index (χ4v) is 2.06. The van der Waals surface area contributed by atoms with Gasteiger partial charge in [-0.1, -0.05) is 0 Å². The van der Waals surface area contributed by atoms with Gasteiger partial charge in [0.2, 0.25) is 0 Å². The highest BCUT2D eigenvalue weighted by molar-refractivity contribution is 4.67. The number of likely N-dealkylation sites (tertiary alicyclic amines) is 1. The first-order valence-corrected chi connectivity index (χ1v) is 5.78. The maximum absolute atomic E-state index is 5.89. The summed E-state index contributed by atoms with van der Waals surface area (Å²) in [6.07, 6.45) is 4.07. The third-order valence-corrected chi connectivity index (χ3v) is 3.22. The summed E-state index contributed by atoms with van der Waals surface area (Å²) in [5, 5.41) is 0. The van der Waals surface area contributed by atoms with Crippen molar-refractivity contribution in [2.24, 2.45) is 0 Å². The second kappa shape index (κ2) is 4.19. The van der Waals surface area contributed by atoms with Crippen molar-refractivity contribution >= 4 is 0 Å². The van der Waals surface area contributed by atoms with Gasteiger partial charge in [-0.25, -0.2) is 0 Å². The average molecular weight is 200 g/mol. The van der Waals surface area contributed by atoms with Crippen molar-refractivity contribution in [2.45, 2.75) is 51.7 Å². The zero-order valence-electron chi connectivity index (χ0n) is 10.5. The van der Waals surface area contributed by atoms with Crippen molar-refractivity contribution in [2.75, 3.05) is 27.2 Å². The minimum atomic E-state index is 0.0114. The van der Waals surface area contributed by atoms with Gasteiger partial charge >= 0.3 is 0 Å². The Kier molecular flexibility index (Phi) is 3.59. The van der Waals surface area contributed by atoms with E-state index in [0.717, 1.165) is 11.1 Å². The number of likely N-dealkylation sites (N-methyl/N-ethyl adjacent to an activating group) is 1. The van der Waals surface area contributed by atoms with Crippen LogP contribution in [0.3, 0.4) is 0 Å². The molecule has 0 aliphatic carbocycles. The molecule has 0 aromatic carbocycles. The van der Waals surface area contributed by atoms with Crippen molar-refractivity contribution in [3.63, 3.8) is 0 Å². The zero-order valence-corrected chi connectivity index (χ0v) is 10.5. The van der Waals surface area contributed by atoms with Gasteiger partial charge in [0, 0.05) is 6.42 Å². The van der Waals surface area contributed by atoms with Crippen LogP contribution in [0.1, 0.15) is 40.0 Å². The predicted octanol–water partition coefficient (Wildman–Crippen LogP) is 2.43. The molecule has 2 nitrogen and oxygen atoms in total. The molecule has 0 amide bonds. The first kappa shape index (κ1) is 12.0. The number of nitrogens with zero attached hydrogens (tertiary/aromatic N) is 1. The molecule has 0 bridgehead atoms. The topological polar surface area (TPSA) is 9.23 Å². The summed E-state index contributed by atoms with van der Waals surface area (Å²) < 4.78 is 7.02. The minimum Gasteiger partial charge on any atom is -0.370 e. The lowest BCUT2D eigenvalue weighted by molar-refractivity contribution is -0.920. The molecule has 1 fully saturated rings. The molecule has 2 heteroatoms. The van der Waals surface area contributed by atoms with Crippen molar-refractivity contribution in [1.82, 2.24) is 0 Å². The van der Waals surface area contributed by atoms with E-state index in [0.29, 0.717) is 6.04 Å². The summed E-state index contributed by atoms with van der Waals surface area (Å²) in [5.41, 5.74) is 0.0114. The molecule has 0 spiro atoms. The van der Waals surface area contributed by atoms with E-state index in [1.54, 1.807) is 0 Å². The highest BCUT2D eigenvalue weighted by Gasteiger charge is 2.32. The summed E-state index contributed by atoms with van der Waals surface area (Å²) >= 11 is 0. The van der Waals surface area contributed by atoms with Gasteiger partial charge < -0.3 is 9.22 Å². The van der Waals surface area contributed by atoms with Gasteiger partial charge in [-0.2, -0.15) is 0 Å². The maximum Gasteiger partial charge on any atom is 0.112 e. The van der Waals surface area contributed by atoms with Crippen LogP contribution in [-0.4, -0.2) is 43.4 Å². The molecule has 0 N–H and O–H groups in total. The highest BCUT2D eigenvalue weighted by atomic mass is 16.5. The van der Waals surface area contributed by atoms with Crippen LogP contribution >= 0.6 is 0 Å². The standard InChI is InChI=1S/C12H26NO/c1-12(2,3)14-10-11-8-6-7-9-13(11,4)5/h11H,6-10H2,1-5H3/q+1. The molecule has 1 atom stereocenters. The second-order valence-corrected chi connectivity index (χ2v) is 6.08. The van der Waals surface area contributed by atoms with E-state index in [1.165, 1.54) is 25.8 Å². The van der Waals surface area contributed by atoms with Crippen molar-refractivity contribution in [3.05, 3.63) is 0 Å². The quantitative estimate of drug-likeness (QED) is 0.622. The maximum atomic E-state index is 5.89. The van der Waals surface area contributed by atoms with Crippen LogP contribution in [0.5, 0.6) is 0 Å². The predicted molar refractivity (Wildman–Crippen MR) is 60.3 cm³/mol. The van der Waals surface area contributed by atoms with Crippen LogP contribution in [0.25, 0.3) is 0 Å². The summed E-state index contributed by atoms with van der Waals surface area (Å²) in [4.78, 5) is 0. The van der Waals surface area contributed by atoms with Gasteiger partial charge in [-0.3, -0.25) is 0 Å². The Morgan fingerprint density at radius 1 is 1.21 bits per heavy atom. The van der Waals surface area contributed by atoms with Crippen LogP contribution in [-0.2, 0) is 4.74 Å². The summed E-state index contributed by atoms with van der Waals surface area (Å²) in [5.74, 6) is 0. The Balaban J connectivity index is 2.42. The van der Waals surface area contributed by atoms with E-state index in [-0.39, 0.29) is 5.60 Å². The van der Waals surface area contributed by atoms with Crippen molar-refractivity contribution < 1.29 is 9.22 Å². The number of piperidine rings is 1. The SMILES string of the molecule is CC(C)(C)OCC1CCCC[N+]1(C)C. The molecule has 0 aromatic heterocycles. The molecular formula is C12H26NO+. The number of rotatable bonds is 2. The monoisotopic (exact) mass is 200 g/mol. The Morgan fingerprint density at radius 2 is 1.86 bits per heavy atom. The first-order chi connectivity index (χ1) is 6.31. The molecule has 0 aromatic rings. The van der Waals surface area contributed by atoms with Gasteiger partial charge in [0.25, 0.3) is 0 Å². The number of hydrogen-bond acceptors (Lipinski definition) is 1. The van der Waals surface area contributed by atoms with Crippen LogP contribution in [0, 0.1) is 0 Å². The Labute approximate surface area is 88.8 Å². The molecule has 84 valence electrons. The smallest absolute Gasteiger partial charge is 0.112 e. The Hall–Kier alpha value is -0.0800. The molecular weight excluding hydrogens is 174 g/mol. The van der Waals surface area contributed by atoms with E-state index in [4.69, 9.17) is 4.74 Å². The summed E-state index contributed by atoms with van der Waals surface area (Å²) in [6, 6.07) is 0.697. The number of ether oxygens (including phenoxy) is 1. The van der Waals surface area contributed by atoms with Gasteiger partial charge in [0.05, 0.1) is 32.8 Å². The Bertz CT molecular complexity index is 181. The van der Waals surface area contributed by atoms with Crippen molar-refractivity contribution in [3.8, 4) is 0 Å². The molecule has 1 unspecified atom stereocenters. The van der Waals surface area contributed by atoms with E-state index in [9.17, 15) is 0 Å². The number of hydrogen-bond donors (Lipinski definition) is 0. The molecule has 1 heterocycles. The largest absolute Gasteiger partial charge is 0.370 e. The minimum absolute atomic E-state index is 0.0114. The zero-order chi connectivity index (χ0) is 10.8. The third-order valence-electron chi connectivity index (χ3n) is 3.22. The molecule has 0 radical (unpaired) electrons. The fraction of sp³-hybridized carbons (Fsp3) is 1.00. The first-order valence-electron chi connectivity index (χ1n) is 5.78. The average Bonchev–Trinajstić information content (AvgIpc) is 2.00. The third kappa shape index (κ3) is 3.58. The molecule has 1 aliphatic heterocycles. The van der Waals surface area contributed by atoms with Gasteiger partial charge in [-0.15, -0.1) is 0 Å². The van der Waals surface area contributed by atoms with Gasteiger partial charge in [0.1, 0.15) is 6.04 Å². The Morgan fingerprint density at radius 3 is 2.36 bits per heavy atom. The van der Waals surface area contributed by atoms with Crippen molar-refractivity contribution in [1.29, 1.82) is 0 Å². The molecule has 1 aliphatic rings. The van der Waals surface area contributed by atoms with Gasteiger partial charge in [-0.05, 0) is 33.6 Å². The molecule has 1 saturated heterocycles. The van der Waals surface area contributed by atoms with E-state index >= 15 is 0 Å². The fourth-order valence-electron chi connectivity index (χ4n) is 2.06. The summed E-state index contributed by atoms with van der Waals surface area (Å²) in [6.45, 7) is 8.62. The lowest BCUT2D eigenvalue weighted by Crippen LogP contribution is -2.54. The normalized spacial score (nSPS) is 27.6. The van der Waals surface area contributed by atoms with Crippen LogP contribution in [0.2, 0.25) is 0 Å². The molecule has 0 saturated carbocycles. The second-order valence-electron chi connectivity index (χ2n) is 6.08. The lowest BCUT2D eigenvalue weighted by atomic mass is 10.0. The molecule has 14 heavy (non-hydrogen) atoms.